The maximum Gasteiger partial charge on any atom is 0.393 e. The standard InChI is InChI=1S/C17H16F3NO2.ClH/c18-17(19,20)15-10-21(9-14(15)16(22)23)8-12-6-3-5-11-4-1-2-7-13(11)12;/h1-7,14-15H,8-10H2,(H,22,23);1H/t14-,15-;/m1./s1. The van der Waals surface area contributed by atoms with Crippen LogP contribution in [0.5, 0.6) is 0 Å². The topological polar surface area (TPSA) is 40.5 Å². The van der Waals surface area contributed by atoms with Crippen LogP contribution in [0.2, 0.25) is 0 Å². The molecule has 1 aliphatic rings. The van der Waals surface area contributed by atoms with E-state index in [1.165, 1.54) is 0 Å². The molecule has 7 heteroatoms. The highest BCUT2D eigenvalue weighted by molar-refractivity contribution is 5.86. The molecule has 0 radical (unpaired) electrons. The third-order valence-corrected chi connectivity index (χ3v) is 4.41. The monoisotopic (exact) mass is 359 g/mol. The molecule has 1 heterocycles. The van der Waals surface area contributed by atoms with Gasteiger partial charge >= 0.3 is 12.1 Å². The summed E-state index contributed by atoms with van der Waals surface area (Å²) in [7, 11) is 0. The van der Waals surface area contributed by atoms with E-state index in [0.29, 0.717) is 6.54 Å². The van der Waals surface area contributed by atoms with Gasteiger partial charge in [0.1, 0.15) is 0 Å². The molecule has 0 unspecified atom stereocenters. The Morgan fingerprint density at radius 2 is 1.79 bits per heavy atom. The molecular weight excluding hydrogens is 343 g/mol. The molecule has 3 rings (SSSR count). The summed E-state index contributed by atoms with van der Waals surface area (Å²) in [5.74, 6) is -4.59. The van der Waals surface area contributed by atoms with Gasteiger partial charge in [0.2, 0.25) is 0 Å². The molecule has 0 aliphatic carbocycles. The Hall–Kier alpha value is -1.79. The largest absolute Gasteiger partial charge is 0.481 e. The smallest absolute Gasteiger partial charge is 0.393 e. The van der Waals surface area contributed by atoms with Gasteiger partial charge in [-0.2, -0.15) is 13.2 Å². The van der Waals surface area contributed by atoms with Crippen molar-refractivity contribution in [2.75, 3.05) is 13.1 Å². The summed E-state index contributed by atoms with van der Waals surface area (Å²) >= 11 is 0. The number of carboxylic acid groups (broad SMARTS) is 1. The quantitative estimate of drug-likeness (QED) is 0.902. The fraction of sp³-hybridized carbons (Fsp3) is 0.353. The maximum atomic E-state index is 13.0. The number of carboxylic acids is 1. The number of likely N-dealkylation sites (tertiary alicyclic amines) is 1. The molecule has 0 spiro atoms. The summed E-state index contributed by atoms with van der Waals surface area (Å²) in [6.07, 6.45) is -4.49. The van der Waals surface area contributed by atoms with Crippen LogP contribution in [0.1, 0.15) is 5.56 Å². The Morgan fingerprint density at radius 1 is 1.12 bits per heavy atom. The van der Waals surface area contributed by atoms with Gasteiger partial charge in [0, 0.05) is 19.6 Å². The van der Waals surface area contributed by atoms with E-state index in [1.54, 1.807) is 4.90 Å². The van der Waals surface area contributed by atoms with E-state index in [0.717, 1.165) is 16.3 Å². The number of alkyl halides is 3. The average molecular weight is 360 g/mol. The zero-order valence-corrected chi connectivity index (χ0v) is 13.5. The molecular formula is C17H17ClF3NO2. The molecule has 1 saturated heterocycles. The highest BCUT2D eigenvalue weighted by Gasteiger charge is 2.52. The number of nitrogens with zero attached hydrogens (tertiary/aromatic N) is 1. The molecule has 2 aromatic rings. The van der Waals surface area contributed by atoms with Crippen molar-refractivity contribution in [3.05, 3.63) is 48.0 Å². The van der Waals surface area contributed by atoms with E-state index < -0.39 is 24.0 Å². The summed E-state index contributed by atoms with van der Waals surface area (Å²) in [5, 5.41) is 11.1. The summed E-state index contributed by atoms with van der Waals surface area (Å²) < 4.78 is 39.1. The number of carbonyl (C=O) groups is 1. The van der Waals surface area contributed by atoms with E-state index in [9.17, 15) is 18.0 Å². The first-order valence-corrected chi connectivity index (χ1v) is 7.35. The summed E-state index contributed by atoms with van der Waals surface area (Å²) in [6.45, 7) is -0.0376. The SMILES string of the molecule is Cl.O=C(O)[C@@H]1CN(Cc2cccc3ccccc23)C[C@H]1C(F)(F)F. The lowest BCUT2D eigenvalue weighted by atomic mass is 9.96. The van der Waals surface area contributed by atoms with Crippen molar-refractivity contribution in [1.82, 2.24) is 4.90 Å². The maximum absolute atomic E-state index is 13.0. The van der Waals surface area contributed by atoms with Gasteiger partial charge in [0.05, 0.1) is 11.8 Å². The Bertz CT molecular complexity index is 730. The molecule has 24 heavy (non-hydrogen) atoms. The molecule has 1 fully saturated rings. The van der Waals surface area contributed by atoms with Crippen LogP contribution in [-0.2, 0) is 11.3 Å². The Balaban J connectivity index is 0.00000208. The molecule has 0 saturated carbocycles. The van der Waals surface area contributed by atoms with Crippen molar-refractivity contribution in [2.24, 2.45) is 11.8 Å². The number of hydrogen-bond acceptors (Lipinski definition) is 2. The van der Waals surface area contributed by atoms with Crippen molar-refractivity contribution >= 4 is 29.1 Å². The van der Waals surface area contributed by atoms with E-state index in [4.69, 9.17) is 5.11 Å². The minimum Gasteiger partial charge on any atom is -0.481 e. The van der Waals surface area contributed by atoms with Gasteiger partial charge in [-0.3, -0.25) is 9.69 Å². The summed E-state index contributed by atoms with van der Waals surface area (Å²) in [4.78, 5) is 12.7. The van der Waals surface area contributed by atoms with Crippen LogP contribution in [0.3, 0.4) is 0 Å². The van der Waals surface area contributed by atoms with Gasteiger partial charge in [0.15, 0.2) is 0 Å². The van der Waals surface area contributed by atoms with Crippen LogP contribution in [0.25, 0.3) is 10.8 Å². The average Bonchev–Trinajstić information content (AvgIpc) is 2.92. The summed E-state index contributed by atoms with van der Waals surface area (Å²) in [6, 6.07) is 13.3. The summed E-state index contributed by atoms with van der Waals surface area (Å²) in [5.41, 5.74) is 0.912. The fourth-order valence-corrected chi connectivity index (χ4v) is 3.27. The minimum atomic E-state index is -4.49. The van der Waals surface area contributed by atoms with Gasteiger partial charge in [0.25, 0.3) is 0 Å². The van der Waals surface area contributed by atoms with E-state index in [-0.39, 0.29) is 25.5 Å². The Labute approximate surface area is 143 Å². The van der Waals surface area contributed by atoms with Crippen molar-refractivity contribution < 1.29 is 23.1 Å². The number of fused-ring (bicyclic) bond motifs is 1. The van der Waals surface area contributed by atoms with Gasteiger partial charge < -0.3 is 5.11 Å². The number of halogens is 4. The third kappa shape index (κ3) is 3.65. The van der Waals surface area contributed by atoms with Crippen LogP contribution < -0.4 is 0 Å². The second-order valence-electron chi connectivity index (χ2n) is 5.93. The van der Waals surface area contributed by atoms with Gasteiger partial charge in [-0.25, -0.2) is 0 Å². The molecule has 1 aliphatic heterocycles. The lowest BCUT2D eigenvalue weighted by Gasteiger charge is -2.19. The predicted octanol–water partition coefficient (Wildman–Crippen LogP) is 3.96. The third-order valence-electron chi connectivity index (χ3n) is 4.41. The molecule has 1 N–H and O–H groups in total. The first-order valence-electron chi connectivity index (χ1n) is 7.35. The highest BCUT2D eigenvalue weighted by Crippen LogP contribution is 2.38. The van der Waals surface area contributed by atoms with Gasteiger partial charge in [-0.1, -0.05) is 42.5 Å². The van der Waals surface area contributed by atoms with Crippen molar-refractivity contribution in [2.45, 2.75) is 12.7 Å². The molecule has 0 amide bonds. The van der Waals surface area contributed by atoms with Crippen LogP contribution in [0.4, 0.5) is 13.2 Å². The molecule has 2 atom stereocenters. The number of benzene rings is 2. The first kappa shape index (κ1) is 18.5. The van der Waals surface area contributed by atoms with Crippen molar-refractivity contribution in [3.63, 3.8) is 0 Å². The molecule has 0 aromatic heterocycles. The lowest BCUT2D eigenvalue weighted by Crippen LogP contribution is -2.33. The van der Waals surface area contributed by atoms with Gasteiger partial charge in [-0.15, -0.1) is 12.4 Å². The number of hydrogen-bond donors (Lipinski definition) is 1. The number of aliphatic carboxylic acids is 1. The second kappa shape index (κ2) is 6.99. The van der Waals surface area contributed by atoms with E-state index >= 15 is 0 Å². The molecule has 0 bridgehead atoms. The van der Waals surface area contributed by atoms with Crippen LogP contribution in [0.15, 0.2) is 42.5 Å². The van der Waals surface area contributed by atoms with Crippen LogP contribution in [0, 0.1) is 11.8 Å². The normalized spacial score (nSPS) is 21.6. The lowest BCUT2D eigenvalue weighted by molar-refractivity contribution is -0.188. The Morgan fingerprint density at radius 3 is 2.42 bits per heavy atom. The first-order chi connectivity index (χ1) is 10.9. The van der Waals surface area contributed by atoms with Crippen molar-refractivity contribution in [1.29, 1.82) is 0 Å². The van der Waals surface area contributed by atoms with E-state index in [1.807, 2.05) is 42.5 Å². The fourth-order valence-electron chi connectivity index (χ4n) is 3.27. The highest BCUT2D eigenvalue weighted by atomic mass is 35.5. The van der Waals surface area contributed by atoms with Crippen LogP contribution >= 0.6 is 12.4 Å². The van der Waals surface area contributed by atoms with Gasteiger partial charge in [-0.05, 0) is 16.3 Å². The molecule has 3 nitrogen and oxygen atoms in total. The van der Waals surface area contributed by atoms with Crippen molar-refractivity contribution in [3.8, 4) is 0 Å². The Kier molecular flexibility index (Phi) is 5.40. The zero-order chi connectivity index (χ0) is 16.6. The molecule has 2 aromatic carbocycles. The predicted molar refractivity (Wildman–Crippen MR) is 87.1 cm³/mol. The van der Waals surface area contributed by atoms with E-state index in [2.05, 4.69) is 0 Å². The number of rotatable bonds is 3. The minimum absolute atomic E-state index is 0. The molecule has 130 valence electrons. The second-order valence-corrected chi connectivity index (χ2v) is 5.93. The van der Waals surface area contributed by atoms with Crippen LogP contribution in [-0.4, -0.2) is 35.2 Å². The zero-order valence-electron chi connectivity index (χ0n) is 12.7.